The maximum absolute atomic E-state index is 11.7. The van der Waals surface area contributed by atoms with Crippen LogP contribution in [0.3, 0.4) is 0 Å². The summed E-state index contributed by atoms with van der Waals surface area (Å²) in [4.78, 5) is 4.32. The van der Waals surface area contributed by atoms with Crippen LogP contribution in [0.2, 0.25) is 0 Å². The molecule has 0 aromatic heterocycles. The van der Waals surface area contributed by atoms with Crippen LogP contribution < -0.4 is 5.48 Å². The first-order valence-electron chi connectivity index (χ1n) is 4.95. The highest BCUT2D eigenvalue weighted by molar-refractivity contribution is 5.18. The van der Waals surface area contributed by atoms with Crippen LogP contribution in [0.4, 0.5) is 13.2 Å². The summed E-state index contributed by atoms with van der Waals surface area (Å²) in [7, 11) is 0. The van der Waals surface area contributed by atoms with Crippen LogP contribution >= 0.6 is 0 Å². The van der Waals surface area contributed by atoms with Crippen LogP contribution in [0.15, 0.2) is 30.3 Å². The maximum Gasteiger partial charge on any atom is 0.413 e. The number of rotatable bonds is 5. The molecule has 0 bridgehead atoms. The van der Waals surface area contributed by atoms with E-state index in [4.69, 9.17) is 0 Å². The minimum Gasteiger partial charge on any atom is -0.292 e. The molecule has 1 N–H and O–H groups in total. The number of halogens is 3. The molecule has 1 rings (SSSR count). The van der Waals surface area contributed by atoms with Crippen molar-refractivity contribution < 1.29 is 18.0 Å². The summed E-state index contributed by atoms with van der Waals surface area (Å²) in [5.74, 6) is 0.106. The average Bonchev–Trinajstić information content (AvgIpc) is 2.24. The Morgan fingerprint density at radius 1 is 1.25 bits per heavy atom. The zero-order valence-electron chi connectivity index (χ0n) is 8.92. The van der Waals surface area contributed by atoms with E-state index >= 15 is 0 Å². The summed E-state index contributed by atoms with van der Waals surface area (Å²) in [6.45, 7) is 0.994. The van der Waals surface area contributed by atoms with Crippen LogP contribution in [0.1, 0.15) is 18.4 Å². The van der Waals surface area contributed by atoms with Crippen molar-refractivity contribution in [1.29, 1.82) is 0 Å². The lowest BCUT2D eigenvalue weighted by Gasteiger charge is -2.13. The highest BCUT2D eigenvalue weighted by Crippen LogP contribution is 2.15. The maximum atomic E-state index is 11.7. The van der Waals surface area contributed by atoms with E-state index in [2.05, 4.69) is 10.3 Å². The summed E-state index contributed by atoms with van der Waals surface area (Å²) in [6.07, 6.45) is -4.29. The first-order chi connectivity index (χ1) is 7.49. The molecule has 1 atom stereocenters. The van der Waals surface area contributed by atoms with Gasteiger partial charge in [-0.2, -0.15) is 13.2 Å². The smallest absolute Gasteiger partial charge is 0.292 e. The van der Waals surface area contributed by atoms with Crippen molar-refractivity contribution in [3.63, 3.8) is 0 Å². The molecule has 90 valence electrons. The predicted molar refractivity (Wildman–Crippen MR) is 54.9 cm³/mol. The average molecular weight is 233 g/mol. The molecule has 0 aliphatic heterocycles. The van der Waals surface area contributed by atoms with Crippen molar-refractivity contribution in [1.82, 2.24) is 5.48 Å². The SMILES string of the molecule is CC(CNOCC(F)(F)F)c1ccccc1. The van der Waals surface area contributed by atoms with Gasteiger partial charge < -0.3 is 0 Å². The quantitative estimate of drug-likeness (QED) is 0.623. The van der Waals surface area contributed by atoms with Crippen LogP contribution in [0.25, 0.3) is 0 Å². The predicted octanol–water partition coefficient (Wildman–Crippen LogP) is 2.87. The van der Waals surface area contributed by atoms with E-state index in [1.807, 2.05) is 37.3 Å². The second-order valence-electron chi connectivity index (χ2n) is 3.56. The van der Waals surface area contributed by atoms with Gasteiger partial charge in [-0.25, -0.2) is 5.48 Å². The first-order valence-corrected chi connectivity index (χ1v) is 4.95. The molecule has 1 aromatic rings. The molecule has 0 aliphatic rings. The molecule has 1 aromatic carbocycles. The number of nitrogens with one attached hydrogen (secondary N) is 1. The van der Waals surface area contributed by atoms with Gasteiger partial charge in [0.05, 0.1) is 0 Å². The fourth-order valence-electron chi connectivity index (χ4n) is 1.22. The van der Waals surface area contributed by atoms with E-state index in [9.17, 15) is 13.2 Å². The molecule has 0 spiro atoms. The Bertz CT molecular complexity index is 300. The van der Waals surface area contributed by atoms with Gasteiger partial charge in [-0.1, -0.05) is 37.3 Å². The first kappa shape index (κ1) is 13.0. The Labute approximate surface area is 92.4 Å². The second kappa shape index (κ2) is 5.86. The molecular formula is C11H14F3NO. The lowest BCUT2D eigenvalue weighted by atomic mass is 10.0. The zero-order chi connectivity index (χ0) is 12.0. The lowest BCUT2D eigenvalue weighted by molar-refractivity contribution is -0.189. The third kappa shape index (κ3) is 5.14. The fraction of sp³-hybridized carbons (Fsp3) is 0.455. The Morgan fingerprint density at radius 2 is 1.88 bits per heavy atom. The minimum atomic E-state index is -4.29. The molecular weight excluding hydrogens is 219 g/mol. The number of hydrogen-bond acceptors (Lipinski definition) is 2. The standard InChI is InChI=1S/C11H14F3NO/c1-9(10-5-3-2-4-6-10)7-15-16-8-11(12,13)14/h2-6,9,15H,7-8H2,1H3. The molecule has 5 heteroatoms. The molecule has 2 nitrogen and oxygen atoms in total. The van der Waals surface area contributed by atoms with Crippen LogP contribution in [0, 0.1) is 0 Å². The van der Waals surface area contributed by atoms with Gasteiger partial charge in [0.15, 0.2) is 6.61 Å². The van der Waals surface area contributed by atoms with Gasteiger partial charge in [0.1, 0.15) is 0 Å². The van der Waals surface area contributed by atoms with E-state index in [0.29, 0.717) is 6.54 Å². The third-order valence-electron chi connectivity index (χ3n) is 2.10. The van der Waals surface area contributed by atoms with Gasteiger partial charge in [0.25, 0.3) is 0 Å². The van der Waals surface area contributed by atoms with Crippen LogP contribution in [0.5, 0.6) is 0 Å². The molecule has 0 saturated heterocycles. The molecule has 0 radical (unpaired) electrons. The van der Waals surface area contributed by atoms with Crippen molar-refractivity contribution in [2.75, 3.05) is 13.2 Å². The molecule has 0 aliphatic carbocycles. The fourth-order valence-corrected chi connectivity index (χ4v) is 1.22. The van der Waals surface area contributed by atoms with E-state index in [1.165, 1.54) is 0 Å². The van der Waals surface area contributed by atoms with E-state index < -0.39 is 12.8 Å². The zero-order valence-corrected chi connectivity index (χ0v) is 8.92. The summed E-state index contributed by atoms with van der Waals surface area (Å²) in [5, 5.41) is 0. The Kier molecular flexibility index (Phi) is 4.76. The second-order valence-corrected chi connectivity index (χ2v) is 3.56. The highest BCUT2D eigenvalue weighted by atomic mass is 19.4. The largest absolute Gasteiger partial charge is 0.413 e. The van der Waals surface area contributed by atoms with Gasteiger partial charge >= 0.3 is 6.18 Å². The summed E-state index contributed by atoms with van der Waals surface area (Å²) in [6, 6.07) is 9.53. The number of hydroxylamine groups is 1. The molecule has 0 fully saturated rings. The Morgan fingerprint density at radius 3 is 2.44 bits per heavy atom. The highest BCUT2D eigenvalue weighted by Gasteiger charge is 2.27. The van der Waals surface area contributed by atoms with E-state index in [0.717, 1.165) is 5.56 Å². The summed E-state index contributed by atoms with van der Waals surface area (Å²) in [5.41, 5.74) is 3.38. The van der Waals surface area contributed by atoms with Crippen molar-refractivity contribution >= 4 is 0 Å². The van der Waals surface area contributed by atoms with Gasteiger partial charge in [0.2, 0.25) is 0 Å². The van der Waals surface area contributed by atoms with Crippen molar-refractivity contribution in [3.05, 3.63) is 35.9 Å². The van der Waals surface area contributed by atoms with E-state index in [-0.39, 0.29) is 5.92 Å². The molecule has 1 unspecified atom stereocenters. The number of benzene rings is 1. The van der Waals surface area contributed by atoms with E-state index in [1.54, 1.807) is 0 Å². The van der Waals surface area contributed by atoms with Gasteiger partial charge in [-0.15, -0.1) is 0 Å². The normalized spacial score (nSPS) is 13.8. The summed E-state index contributed by atoms with van der Waals surface area (Å²) < 4.78 is 35.2. The molecule has 0 saturated carbocycles. The van der Waals surface area contributed by atoms with Crippen molar-refractivity contribution in [3.8, 4) is 0 Å². The Hall–Kier alpha value is -1.07. The van der Waals surface area contributed by atoms with Crippen LogP contribution in [-0.2, 0) is 4.84 Å². The molecule has 16 heavy (non-hydrogen) atoms. The Balaban J connectivity index is 2.24. The molecule has 0 amide bonds. The van der Waals surface area contributed by atoms with Gasteiger partial charge in [0, 0.05) is 6.54 Å². The topological polar surface area (TPSA) is 21.3 Å². The third-order valence-corrected chi connectivity index (χ3v) is 2.10. The number of hydrogen-bond donors (Lipinski definition) is 1. The van der Waals surface area contributed by atoms with Gasteiger partial charge in [-0.05, 0) is 11.5 Å². The van der Waals surface area contributed by atoms with Crippen LogP contribution in [-0.4, -0.2) is 19.3 Å². The minimum absolute atomic E-state index is 0.106. The van der Waals surface area contributed by atoms with Crippen molar-refractivity contribution in [2.24, 2.45) is 0 Å². The summed E-state index contributed by atoms with van der Waals surface area (Å²) >= 11 is 0. The van der Waals surface area contributed by atoms with Crippen molar-refractivity contribution in [2.45, 2.75) is 19.0 Å². The number of alkyl halides is 3. The van der Waals surface area contributed by atoms with Gasteiger partial charge in [-0.3, -0.25) is 4.84 Å². The lowest BCUT2D eigenvalue weighted by Crippen LogP contribution is -2.27. The monoisotopic (exact) mass is 233 g/mol. The molecule has 0 heterocycles.